The number of nitrogens with zero attached hydrogens (tertiary/aromatic N) is 1. The molecule has 1 heterocycles. The van der Waals surface area contributed by atoms with E-state index in [1.54, 1.807) is 12.1 Å². The van der Waals surface area contributed by atoms with Crippen LogP contribution in [0.3, 0.4) is 0 Å². The quantitative estimate of drug-likeness (QED) is 0.309. The van der Waals surface area contributed by atoms with E-state index in [0.29, 0.717) is 24.1 Å². The molecule has 3 aliphatic carbocycles. The number of carbonyl (C=O) groups is 4. The fourth-order valence-electron chi connectivity index (χ4n) is 6.84. The van der Waals surface area contributed by atoms with Crippen LogP contribution >= 0.6 is 0 Å². The minimum Gasteiger partial charge on any atom is -0.479 e. The second-order valence-corrected chi connectivity index (χ2v) is 13.0. The van der Waals surface area contributed by atoms with Crippen LogP contribution in [0.25, 0.3) is 0 Å². The number of anilines is 1. The topological polar surface area (TPSA) is 137 Å². The van der Waals surface area contributed by atoms with E-state index in [1.165, 1.54) is 4.90 Å². The Morgan fingerprint density at radius 1 is 1.02 bits per heavy atom. The van der Waals surface area contributed by atoms with Gasteiger partial charge in [0.25, 0.3) is 0 Å². The van der Waals surface area contributed by atoms with Gasteiger partial charge in [-0.2, -0.15) is 0 Å². The van der Waals surface area contributed by atoms with Crippen molar-refractivity contribution in [2.24, 2.45) is 23.7 Å². The number of aliphatic carboxylic acids is 1. The first kappa shape index (κ1) is 29.0. The average molecular weight is 589 g/mol. The highest BCUT2D eigenvalue weighted by molar-refractivity contribution is 5.97. The summed E-state index contributed by atoms with van der Waals surface area (Å²) in [5.74, 6) is -0.325. The molecule has 3 fully saturated rings. The van der Waals surface area contributed by atoms with Crippen LogP contribution < -0.4 is 16.0 Å². The zero-order valence-corrected chi connectivity index (χ0v) is 24.7. The summed E-state index contributed by atoms with van der Waals surface area (Å²) in [7, 11) is 0. The molecule has 2 aromatic carbocycles. The van der Waals surface area contributed by atoms with Crippen LogP contribution in [0.2, 0.25) is 0 Å². The molecule has 2 saturated carbocycles. The molecule has 4 amide bonds. The number of urea groups is 1. The molecule has 228 valence electrons. The van der Waals surface area contributed by atoms with Gasteiger partial charge in [0.15, 0.2) is 0 Å². The molecule has 10 nitrogen and oxygen atoms in total. The fourth-order valence-corrected chi connectivity index (χ4v) is 6.84. The van der Waals surface area contributed by atoms with Crippen molar-refractivity contribution in [1.82, 2.24) is 15.5 Å². The van der Waals surface area contributed by atoms with Gasteiger partial charge >= 0.3 is 18.1 Å². The smallest absolute Gasteiger partial charge is 0.408 e. The maximum Gasteiger partial charge on any atom is 0.408 e. The van der Waals surface area contributed by atoms with E-state index in [0.717, 1.165) is 42.4 Å². The van der Waals surface area contributed by atoms with Crippen LogP contribution in [0.1, 0.15) is 56.2 Å². The highest BCUT2D eigenvalue weighted by atomic mass is 16.5. The number of benzene rings is 2. The first-order valence-corrected chi connectivity index (χ1v) is 15.4. The number of fused-ring (bicyclic) bond motifs is 1. The molecule has 10 heteroatoms. The third-order valence-electron chi connectivity index (χ3n) is 9.58. The Kier molecular flexibility index (Phi) is 7.79. The Morgan fingerprint density at radius 3 is 2.30 bits per heavy atom. The molecular formula is C33H40N4O6. The molecule has 0 spiro atoms. The largest absolute Gasteiger partial charge is 0.479 e. The lowest BCUT2D eigenvalue weighted by Gasteiger charge is -2.34. The molecule has 0 bridgehead atoms. The predicted octanol–water partition coefficient (Wildman–Crippen LogP) is 4.33. The number of nitrogens with one attached hydrogen (secondary N) is 3. The highest BCUT2D eigenvalue weighted by Gasteiger charge is 2.54. The van der Waals surface area contributed by atoms with E-state index in [9.17, 15) is 24.3 Å². The normalized spacial score (nSPS) is 23.6. The zero-order chi connectivity index (χ0) is 30.3. The summed E-state index contributed by atoms with van der Waals surface area (Å²) in [4.78, 5) is 53.7. The van der Waals surface area contributed by atoms with Crippen molar-refractivity contribution >= 4 is 29.7 Å². The number of carboxylic acids is 1. The first-order valence-electron chi connectivity index (χ1n) is 15.4. The van der Waals surface area contributed by atoms with Crippen molar-refractivity contribution in [3.05, 3.63) is 65.2 Å². The van der Waals surface area contributed by atoms with E-state index in [-0.39, 0.29) is 49.3 Å². The molecule has 4 aliphatic rings. The Balaban J connectivity index is 1.17. The second kappa shape index (κ2) is 11.5. The summed E-state index contributed by atoms with van der Waals surface area (Å²) in [6.45, 7) is 4.45. The first-order chi connectivity index (χ1) is 20.6. The van der Waals surface area contributed by atoms with E-state index in [4.69, 9.17) is 4.74 Å². The third kappa shape index (κ3) is 6.05. The van der Waals surface area contributed by atoms with Crippen LogP contribution in [0, 0.1) is 23.7 Å². The fraction of sp³-hybridized carbons (Fsp3) is 0.515. The molecule has 3 atom stereocenters. The molecule has 1 aliphatic heterocycles. The van der Waals surface area contributed by atoms with E-state index >= 15 is 0 Å². The number of alkyl carbamates (subject to hydrolysis) is 1. The molecule has 2 aromatic rings. The maximum atomic E-state index is 13.8. The van der Waals surface area contributed by atoms with Gasteiger partial charge in [0.1, 0.15) is 18.2 Å². The van der Waals surface area contributed by atoms with Gasteiger partial charge in [-0.05, 0) is 78.2 Å². The molecule has 0 aromatic heterocycles. The lowest BCUT2D eigenvalue weighted by Crippen LogP contribution is -2.56. The summed E-state index contributed by atoms with van der Waals surface area (Å²) in [6.07, 6.45) is 3.91. The van der Waals surface area contributed by atoms with Gasteiger partial charge in [-0.25, -0.2) is 14.4 Å². The summed E-state index contributed by atoms with van der Waals surface area (Å²) >= 11 is 0. The molecule has 6 rings (SSSR count). The maximum absolute atomic E-state index is 13.8. The van der Waals surface area contributed by atoms with Crippen molar-refractivity contribution < 1.29 is 29.0 Å². The van der Waals surface area contributed by atoms with Crippen molar-refractivity contribution in [3.63, 3.8) is 0 Å². The lowest BCUT2D eigenvalue weighted by atomic mass is 9.88. The summed E-state index contributed by atoms with van der Waals surface area (Å²) in [5, 5.41) is 19.2. The standard InChI is InChI=1S/C33H40N4O6/c1-19(2)26-17-37(31(41)35-26)33(30(39)40)15-23-12-13-25(14-24(23)16-33)34-29(38)28(27(21-8-9-21)22-10-11-22)36-32(42)43-18-20-6-4-3-5-7-20/h3-7,12-14,19,21-22,26-28H,8-11,15-18H2,1-2H3,(H,34,38)(H,35,41)(H,36,42)(H,39,40)/t26-,28-,33?/m0/s1. The third-order valence-corrected chi connectivity index (χ3v) is 9.58. The van der Waals surface area contributed by atoms with Gasteiger partial charge in [0, 0.05) is 25.1 Å². The van der Waals surface area contributed by atoms with Crippen molar-refractivity contribution in [2.75, 3.05) is 11.9 Å². The number of hydrogen-bond donors (Lipinski definition) is 4. The Labute approximate surface area is 251 Å². The van der Waals surface area contributed by atoms with Gasteiger partial charge in [-0.3, -0.25) is 4.79 Å². The summed E-state index contributed by atoms with van der Waals surface area (Å²) < 4.78 is 5.47. The lowest BCUT2D eigenvalue weighted by molar-refractivity contribution is -0.148. The van der Waals surface area contributed by atoms with Crippen LogP contribution in [0.5, 0.6) is 0 Å². The monoisotopic (exact) mass is 588 g/mol. The van der Waals surface area contributed by atoms with Crippen molar-refractivity contribution in [1.29, 1.82) is 0 Å². The molecule has 0 radical (unpaired) electrons. The van der Waals surface area contributed by atoms with Crippen molar-refractivity contribution in [2.45, 2.75) is 76.6 Å². The van der Waals surface area contributed by atoms with E-state index in [2.05, 4.69) is 16.0 Å². The molecule has 1 unspecified atom stereocenters. The average Bonchev–Trinajstić information content (AvgIpc) is 3.92. The number of hydrogen-bond acceptors (Lipinski definition) is 5. The van der Waals surface area contributed by atoms with Crippen LogP contribution in [0.15, 0.2) is 48.5 Å². The Hall–Kier alpha value is -4.08. The van der Waals surface area contributed by atoms with Gasteiger partial charge in [-0.1, -0.05) is 50.2 Å². The van der Waals surface area contributed by atoms with E-state index < -0.39 is 23.6 Å². The Morgan fingerprint density at radius 2 is 1.70 bits per heavy atom. The van der Waals surface area contributed by atoms with Crippen molar-refractivity contribution in [3.8, 4) is 0 Å². The van der Waals surface area contributed by atoms with Crippen LogP contribution in [-0.2, 0) is 33.8 Å². The molecular weight excluding hydrogens is 548 g/mol. The molecule has 1 saturated heterocycles. The zero-order valence-electron chi connectivity index (χ0n) is 24.7. The molecule has 4 N–H and O–H groups in total. The SMILES string of the molecule is CC(C)[C@@H]1CN(C2(C(=O)O)Cc3ccc(NC(=O)[C@@H](NC(=O)OCc4ccccc4)C(C4CC4)C4CC4)cc3C2)C(=O)N1. The number of amides is 4. The minimum atomic E-state index is -1.38. The number of ether oxygens (including phenoxy) is 1. The number of carbonyl (C=O) groups excluding carboxylic acids is 3. The van der Waals surface area contributed by atoms with Crippen LogP contribution in [-0.4, -0.2) is 58.2 Å². The van der Waals surface area contributed by atoms with Crippen LogP contribution in [0.4, 0.5) is 15.3 Å². The van der Waals surface area contributed by atoms with Gasteiger partial charge in [0.2, 0.25) is 5.91 Å². The van der Waals surface area contributed by atoms with Gasteiger partial charge in [0.05, 0.1) is 6.04 Å². The molecule has 43 heavy (non-hydrogen) atoms. The van der Waals surface area contributed by atoms with Gasteiger partial charge in [-0.15, -0.1) is 0 Å². The number of carboxylic acid groups (broad SMARTS) is 1. The van der Waals surface area contributed by atoms with E-state index in [1.807, 2.05) is 50.2 Å². The minimum absolute atomic E-state index is 0.0425. The van der Waals surface area contributed by atoms with Gasteiger partial charge < -0.3 is 30.7 Å². The second-order valence-electron chi connectivity index (χ2n) is 13.0. The Bertz CT molecular complexity index is 1390. The predicted molar refractivity (Wildman–Crippen MR) is 159 cm³/mol. The number of rotatable bonds is 11. The summed E-state index contributed by atoms with van der Waals surface area (Å²) in [5.41, 5.74) is 1.64. The summed E-state index contributed by atoms with van der Waals surface area (Å²) in [6, 6.07) is 13.6. The highest BCUT2D eigenvalue weighted by Crippen LogP contribution is 2.51.